The SMILES string of the molecule is COCCN1C(=O)CCc2cc([N+](=O)[O-])ccc21. The highest BCUT2D eigenvalue weighted by molar-refractivity contribution is 5.96. The van der Waals surface area contributed by atoms with Crippen molar-refractivity contribution >= 4 is 17.3 Å². The average molecular weight is 250 g/mol. The van der Waals surface area contributed by atoms with E-state index in [-0.39, 0.29) is 11.6 Å². The van der Waals surface area contributed by atoms with Crippen molar-refractivity contribution in [1.82, 2.24) is 0 Å². The Morgan fingerprint density at radius 1 is 1.44 bits per heavy atom. The van der Waals surface area contributed by atoms with Crippen molar-refractivity contribution in [2.45, 2.75) is 12.8 Å². The van der Waals surface area contributed by atoms with E-state index in [0.717, 1.165) is 11.3 Å². The number of nitro benzene ring substituents is 1. The standard InChI is InChI=1S/C12H14N2O4/c1-18-7-6-13-11-4-3-10(14(16)17)8-9(11)2-5-12(13)15/h3-4,8H,2,5-7H2,1H3. The van der Waals surface area contributed by atoms with E-state index >= 15 is 0 Å². The molecule has 0 N–H and O–H groups in total. The lowest BCUT2D eigenvalue weighted by molar-refractivity contribution is -0.384. The van der Waals surface area contributed by atoms with Gasteiger partial charge in [-0.05, 0) is 18.1 Å². The van der Waals surface area contributed by atoms with Crippen LogP contribution < -0.4 is 4.90 Å². The molecule has 6 nitrogen and oxygen atoms in total. The van der Waals surface area contributed by atoms with Crippen LogP contribution in [0, 0.1) is 10.1 Å². The summed E-state index contributed by atoms with van der Waals surface area (Å²) in [6.45, 7) is 0.919. The van der Waals surface area contributed by atoms with Crippen molar-refractivity contribution in [3.8, 4) is 0 Å². The molecule has 18 heavy (non-hydrogen) atoms. The molecule has 1 aromatic carbocycles. The van der Waals surface area contributed by atoms with Crippen LogP contribution in [0.25, 0.3) is 0 Å². The maximum Gasteiger partial charge on any atom is 0.269 e. The van der Waals surface area contributed by atoms with E-state index in [1.54, 1.807) is 24.1 Å². The summed E-state index contributed by atoms with van der Waals surface area (Å²) in [5.74, 6) is 0.0356. The molecule has 96 valence electrons. The summed E-state index contributed by atoms with van der Waals surface area (Å²) in [6.07, 6.45) is 0.942. The van der Waals surface area contributed by atoms with Crippen LogP contribution in [-0.4, -0.2) is 31.1 Å². The van der Waals surface area contributed by atoms with E-state index in [9.17, 15) is 14.9 Å². The van der Waals surface area contributed by atoms with Gasteiger partial charge in [0.05, 0.1) is 11.5 Å². The third-order valence-electron chi connectivity index (χ3n) is 2.99. The van der Waals surface area contributed by atoms with Gasteiger partial charge >= 0.3 is 0 Å². The smallest absolute Gasteiger partial charge is 0.269 e. The number of non-ortho nitro benzene ring substituents is 1. The molecule has 0 aliphatic carbocycles. The van der Waals surface area contributed by atoms with Gasteiger partial charge in [-0.15, -0.1) is 0 Å². The fraction of sp³-hybridized carbons (Fsp3) is 0.417. The topological polar surface area (TPSA) is 72.7 Å². The van der Waals surface area contributed by atoms with Crippen LogP contribution in [0.1, 0.15) is 12.0 Å². The first kappa shape index (κ1) is 12.5. The second-order valence-electron chi connectivity index (χ2n) is 4.11. The van der Waals surface area contributed by atoms with Crippen molar-refractivity contribution in [2.24, 2.45) is 0 Å². The Kier molecular flexibility index (Phi) is 3.57. The Morgan fingerprint density at radius 2 is 2.22 bits per heavy atom. The Labute approximate surface area is 104 Å². The summed E-state index contributed by atoms with van der Waals surface area (Å²) >= 11 is 0. The van der Waals surface area contributed by atoms with Crippen molar-refractivity contribution < 1.29 is 14.5 Å². The predicted octanol–water partition coefficient (Wildman–Crippen LogP) is 1.52. The lowest BCUT2D eigenvalue weighted by Gasteiger charge is -2.29. The molecule has 0 saturated heterocycles. The quantitative estimate of drug-likeness (QED) is 0.600. The third-order valence-corrected chi connectivity index (χ3v) is 2.99. The number of rotatable bonds is 4. The molecule has 1 aromatic rings. The van der Waals surface area contributed by atoms with Crippen molar-refractivity contribution in [1.29, 1.82) is 0 Å². The molecule has 0 saturated carbocycles. The highest BCUT2D eigenvalue weighted by Gasteiger charge is 2.25. The summed E-state index contributed by atoms with van der Waals surface area (Å²) in [4.78, 5) is 23.7. The number of nitro groups is 1. The minimum atomic E-state index is -0.420. The molecule has 1 aliphatic rings. The number of hydrogen-bond acceptors (Lipinski definition) is 4. The Morgan fingerprint density at radius 3 is 2.89 bits per heavy atom. The summed E-state index contributed by atoms with van der Waals surface area (Å²) in [7, 11) is 1.57. The molecular formula is C12H14N2O4. The maximum absolute atomic E-state index is 11.8. The fourth-order valence-corrected chi connectivity index (χ4v) is 2.09. The molecule has 6 heteroatoms. The molecule has 0 spiro atoms. The fourth-order valence-electron chi connectivity index (χ4n) is 2.09. The molecule has 1 heterocycles. The minimum absolute atomic E-state index is 0.0356. The van der Waals surface area contributed by atoms with Crippen LogP contribution in [0.15, 0.2) is 18.2 Å². The van der Waals surface area contributed by atoms with Gasteiger partial charge < -0.3 is 9.64 Å². The number of carbonyl (C=O) groups excluding carboxylic acids is 1. The lowest BCUT2D eigenvalue weighted by Crippen LogP contribution is -2.37. The van der Waals surface area contributed by atoms with E-state index in [1.807, 2.05) is 0 Å². The summed E-state index contributed by atoms with van der Waals surface area (Å²) < 4.78 is 4.97. The first-order valence-corrected chi connectivity index (χ1v) is 5.70. The van der Waals surface area contributed by atoms with Gasteiger partial charge in [-0.2, -0.15) is 0 Å². The number of benzene rings is 1. The zero-order chi connectivity index (χ0) is 13.1. The molecule has 0 fully saturated rings. The van der Waals surface area contributed by atoms with Gasteiger partial charge in [0, 0.05) is 37.9 Å². The van der Waals surface area contributed by atoms with E-state index in [1.165, 1.54) is 6.07 Å². The molecule has 1 amide bonds. The molecule has 1 aliphatic heterocycles. The van der Waals surface area contributed by atoms with Gasteiger partial charge in [-0.1, -0.05) is 0 Å². The van der Waals surface area contributed by atoms with Gasteiger partial charge in [0.1, 0.15) is 0 Å². The molecular weight excluding hydrogens is 236 g/mol. The summed E-state index contributed by atoms with van der Waals surface area (Å²) in [5, 5.41) is 10.7. The average Bonchev–Trinajstić information content (AvgIpc) is 2.37. The zero-order valence-electron chi connectivity index (χ0n) is 10.1. The molecule has 0 unspecified atom stereocenters. The highest BCUT2D eigenvalue weighted by atomic mass is 16.6. The second kappa shape index (κ2) is 5.14. The summed E-state index contributed by atoms with van der Waals surface area (Å²) in [5.41, 5.74) is 1.67. The van der Waals surface area contributed by atoms with Gasteiger partial charge in [0.15, 0.2) is 0 Å². The number of ether oxygens (including phenoxy) is 1. The summed E-state index contributed by atoms with van der Waals surface area (Å²) in [6, 6.07) is 4.61. The van der Waals surface area contributed by atoms with E-state index in [0.29, 0.717) is 26.0 Å². The largest absolute Gasteiger partial charge is 0.383 e. The molecule has 0 radical (unpaired) electrons. The third kappa shape index (κ3) is 2.33. The number of fused-ring (bicyclic) bond motifs is 1. The van der Waals surface area contributed by atoms with Crippen LogP contribution >= 0.6 is 0 Å². The van der Waals surface area contributed by atoms with Crippen LogP contribution in [0.2, 0.25) is 0 Å². The van der Waals surface area contributed by atoms with Gasteiger partial charge in [-0.3, -0.25) is 14.9 Å². The number of methoxy groups -OCH3 is 1. The number of hydrogen-bond donors (Lipinski definition) is 0. The molecule has 0 atom stereocenters. The van der Waals surface area contributed by atoms with E-state index < -0.39 is 4.92 Å². The lowest BCUT2D eigenvalue weighted by atomic mass is 10.0. The van der Waals surface area contributed by atoms with Gasteiger partial charge in [0.2, 0.25) is 5.91 Å². The zero-order valence-corrected chi connectivity index (χ0v) is 10.1. The predicted molar refractivity (Wildman–Crippen MR) is 65.6 cm³/mol. The monoisotopic (exact) mass is 250 g/mol. The van der Waals surface area contributed by atoms with E-state index in [4.69, 9.17) is 4.74 Å². The van der Waals surface area contributed by atoms with Gasteiger partial charge in [0.25, 0.3) is 5.69 Å². The van der Waals surface area contributed by atoms with Crippen LogP contribution in [0.3, 0.4) is 0 Å². The number of aryl methyl sites for hydroxylation is 1. The molecule has 2 rings (SSSR count). The number of anilines is 1. The normalized spacial score (nSPS) is 14.5. The van der Waals surface area contributed by atoms with Crippen LogP contribution in [0.5, 0.6) is 0 Å². The van der Waals surface area contributed by atoms with Crippen molar-refractivity contribution in [2.75, 3.05) is 25.2 Å². The second-order valence-corrected chi connectivity index (χ2v) is 4.11. The van der Waals surface area contributed by atoms with Crippen LogP contribution in [0.4, 0.5) is 11.4 Å². The number of nitrogens with zero attached hydrogens (tertiary/aromatic N) is 2. The van der Waals surface area contributed by atoms with Crippen molar-refractivity contribution in [3.63, 3.8) is 0 Å². The minimum Gasteiger partial charge on any atom is -0.383 e. The van der Waals surface area contributed by atoms with Crippen molar-refractivity contribution in [3.05, 3.63) is 33.9 Å². The van der Waals surface area contributed by atoms with Crippen LogP contribution in [-0.2, 0) is 16.0 Å². The Hall–Kier alpha value is -1.95. The van der Waals surface area contributed by atoms with Gasteiger partial charge in [-0.25, -0.2) is 0 Å². The molecule has 0 bridgehead atoms. The number of carbonyl (C=O) groups is 1. The maximum atomic E-state index is 11.8. The Bertz CT molecular complexity index is 487. The Balaban J connectivity index is 2.32. The first-order valence-electron chi connectivity index (χ1n) is 5.70. The number of amides is 1. The van der Waals surface area contributed by atoms with E-state index in [2.05, 4.69) is 0 Å². The molecule has 0 aromatic heterocycles. The highest BCUT2D eigenvalue weighted by Crippen LogP contribution is 2.30. The first-order chi connectivity index (χ1) is 8.63.